The number of esters is 1. The Kier molecular flexibility index (Phi) is 6.06. The summed E-state index contributed by atoms with van der Waals surface area (Å²) in [5, 5.41) is 2.73. The standard InChI is InChI=1S/C13H20NO4P/c1-4-17-13(15)11(3)14-19(16,5-2)18-12-9-7-6-8-10-12/h6-11H,4-5H2,1-3H3,(H,14,16)/t11-,19+/m0/s1. The summed E-state index contributed by atoms with van der Waals surface area (Å²) in [6, 6.07) is 8.21. The summed E-state index contributed by atoms with van der Waals surface area (Å²) in [4.78, 5) is 11.5. The molecule has 1 N–H and O–H groups in total. The van der Waals surface area contributed by atoms with E-state index in [1.807, 2.05) is 6.07 Å². The zero-order valence-corrected chi connectivity index (χ0v) is 12.4. The summed E-state index contributed by atoms with van der Waals surface area (Å²) >= 11 is 0. The van der Waals surface area contributed by atoms with Crippen molar-refractivity contribution in [3.8, 4) is 5.75 Å². The number of rotatable bonds is 7. The lowest BCUT2D eigenvalue weighted by Crippen LogP contribution is -2.35. The van der Waals surface area contributed by atoms with E-state index in [2.05, 4.69) is 5.09 Å². The molecule has 0 spiro atoms. The van der Waals surface area contributed by atoms with E-state index in [1.54, 1.807) is 45.0 Å². The van der Waals surface area contributed by atoms with Crippen molar-refractivity contribution in [2.75, 3.05) is 12.8 Å². The second-order valence-corrected chi connectivity index (χ2v) is 6.42. The van der Waals surface area contributed by atoms with E-state index in [1.165, 1.54) is 0 Å². The van der Waals surface area contributed by atoms with Crippen LogP contribution in [0.3, 0.4) is 0 Å². The molecule has 0 aliphatic rings. The Morgan fingerprint density at radius 1 is 1.32 bits per heavy atom. The number of hydrogen-bond acceptors (Lipinski definition) is 4. The van der Waals surface area contributed by atoms with Gasteiger partial charge in [-0.05, 0) is 26.0 Å². The van der Waals surface area contributed by atoms with Gasteiger partial charge in [0.25, 0.3) is 0 Å². The topological polar surface area (TPSA) is 64.6 Å². The molecule has 1 aromatic rings. The molecule has 5 nitrogen and oxygen atoms in total. The minimum atomic E-state index is -3.11. The van der Waals surface area contributed by atoms with Crippen LogP contribution >= 0.6 is 7.52 Å². The molecule has 0 fully saturated rings. The van der Waals surface area contributed by atoms with Gasteiger partial charge in [-0.2, -0.15) is 0 Å². The van der Waals surface area contributed by atoms with Crippen LogP contribution in [0.15, 0.2) is 30.3 Å². The molecule has 1 aromatic carbocycles. The van der Waals surface area contributed by atoms with E-state index in [9.17, 15) is 9.36 Å². The molecule has 1 rings (SSSR count). The molecular weight excluding hydrogens is 265 g/mol. The lowest BCUT2D eigenvalue weighted by molar-refractivity contribution is -0.144. The first-order valence-corrected chi connectivity index (χ1v) is 8.10. The Morgan fingerprint density at radius 3 is 2.47 bits per heavy atom. The fourth-order valence-corrected chi connectivity index (χ4v) is 2.97. The zero-order valence-electron chi connectivity index (χ0n) is 11.5. The van der Waals surface area contributed by atoms with E-state index in [0.717, 1.165) is 0 Å². The predicted octanol–water partition coefficient (Wildman–Crippen LogP) is 2.82. The van der Waals surface area contributed by atoms with Crippen molar-refractivity contribution in [3.05, 3.63) is 30.3 Å². The molecule has 0 saturated heterocycles. The summed E-state index contributed by atoms with van der Waals surface area (Å²) < 4.78 is 22.9. The van der Waals surface area contributed by atoms with Crippen LogP contribution in [0.1, 0.15) is 20.8 Å². The van der Waals surface area contributed by atoms with Crippen LogP contribution in [0.25, 0.3) is 0 Å². The van der Waals surface area contributed by atoms with Crippen molar-refractivity contribution < 1.29 is 18.6 Å². The summed E-state index contributed by atoms with van der Waals surface area (Å²) in [6.45, 7) is 5.37. The molecule has 0 heterocycles. The van der Waals surface area contributed by atoms with Gasteiger partial charge in [-0.3, -0.25) is 9.36 Å². The van der Waals surface area contributed by atoms with Crippen LogP contribution in [0.5, 0.6) is 5.75 Å². The second kappa shape index (κ2) is 7.31. The Morgan fingerprint density at radius 2 is 1.95 bits per heavy atom. The predicted molar refractivity (Wildman–Crippen MR) is 74.4 cm³/mol. The van der Waals surface area contributed by atoms with Gasteiger partial charge in [0.1, 0.15) is 11.8 Å². The van der Waals surface area contributed by atoms with Gasteiger partial charge in [0.15, 0.2) is 0 Å². The average molecular weight is 285 g/mol. The average Bonchev–Trinajstić information content (AvgIpc) is 2.40. The third kappa shape index (κ3) is 5.05. The van der Waals surface area contributed by atoms with Gasteiger partial charge in [0.2, 0.25) is 0 Å². The summed E-state index contributed by atoms with van der Waals surface area (Å²) in [7, 11) is -3.11. The van der Waals surface area contributed by atoms with Crippen LogP contribution < -0.4 is 9.61 Å². The Balaban J connectivity index is 2.70. The molecule has 2 atom stereocenters. The highest BCUT2D eigenvalue weighted by atomic mass is 31.2. The molecule has 0 aliphatic heterocycles. The van der Waals surface area contributed by atoms with E-state index < -0.39 is 19.5 Å². The number of carbonyl (C=O) groups is 1. The van der Waals surface area contributed by atoms with Gasteiger partial charge in [-0.25, -0.2) is 5.09 Å². The normalized spacial score (nSPS) is 15.3. The second-order valence-electron chi connectivity index (χ2n) is 4.00. The van der Waals surface area contributed by atoms with Crippen LogP contribution in [-0.2, 0) is 14.1 Å². The first-order chi connectivity index (χ1) is 9.00. The number of carbonyl (C=O) groups excluding carboxylic acids is 1. The third-order valence-electron chi connectivity index (χ3n) is 2.44. The van der Waals surface area contributed by atoms with Gasteiger partial charge < -0.3 is 9.26 Å². The minimum Gasteiger partial charge on any atom is -0.465 e. The molecule has 19 heavy (non-hydrogen) atoms. The lowest BCUT2D eigenvalue weighted by atomic mass is 10.3. The first-order valence-electron chi connectivity index (χ1n) is 6.29. The van der Waals surface area contributed by atoms with Crippen molar-refractivity contribution in [1.29, 1.82) is 0 Å². The minimum absolute atomic E-state index is 0.283. The monoisotopic (exact) mass is 285 g/mol. The molecular formula is C13H20NO4P. The van der Waals surface area contributed by atoms with Crippen molar-refractivity contribution in [3.63, 3.8) is 0 Å². The number of nitrogens with one attached hydrogen (secondary N) is 1. The lowest BCUT2D eigenvalue weighted by Gasteiger charge is -2.22. The van der Waals surface area contributed by atoms with E-state index in [0.29, 0.717) is 12.4 Å². The fourth-order valence-electron chi connectivity index (χ4n) is 1.45. The van der Waals surface area contributed by atoms with Crippen LogP contribution in [-0.4, -0.2) is 24.8 Å². The number of hydrogen-bond donors (Lipinski definition) is 1. The number of para-hydroxylation sites is 1. The van der Waals surface area contributed by atoms with Gasteiger partial charge >= 0.3 is 13.5 Å². The zero-order chi connectivity index (χ0) is 14.3. The molecule has 6 heteroatoms. The largest absolute Gasteiger partial charge is 0.465 e. The Hall–Kier alpha value is -1.32. The van der Waals surface area contributed by atoms with Crippen LogP contribution in [0.2, 0.25) is 0 Å². The molecule has 0 bridgehead atoms. The SMILES string of the molecule is CCOC(=O)[C@H](C)N[P@@](=O)(CC)Oc1ccccc1. The Labute approximate surface area is 113 Å². The Bertz CT molecular complexity index is 449. The molecule has 0 aromatic heterocycles. The van der Waals surface area contributed by atoms with Crippen molar-refractivity contribution in [2.24, 2.45) is 0 Å². The van der Waals surface area contributed by atoms with Gasteiger partial charge in [0.05, 0.1) is 6.61 Å². The van der Waals surface area contributed by atoms with Gasteiger partial charge in [-0.1, -0.05) is 25.1 Å². The van der Waals surface area contributed by atoms with Crippen molar-refractivity contribution in [1.82, 2.24) is 5.09 Å². The molecule has 0 unspecified atom stereocenters. The smallest absolute Gasteiger partial charge is 0.323 e. The fraction of sp³-hybridized carbons (Fsp3) is 0.462. The van der Waals surface area contributed by atoms with Crippen LogP contribution in [0, 0.1) is 0 Å². The van der Waals surface area contributed by atoms with Crippen molar-refractivity contribution in [2.45, 2.75) is 26.8 Å². The maximum absolute atomic E-state index is 12.5. The number of ether oxygens (including phenoxy) is 1. The number of benzene rings is 1. The quantitative estimate of drug-likeness (QED) is 0.616. The molecule has 0 saturated carbocycles. The highest BCUT2D eigenvalue weighted by Gasteiger charge is 2.28. The highest BCUT2D eigenvalue weighted by Crippen LogP contribution is 2.42. The first kappa shape index (κ1) is 15.7. The van der Waals surface area contributed by atoms with Gasteiger partial charge in [-0.15, -0.1) is 0 Å². The van der Waals surface area contributed by atoms with E-state index >= 15 is 0 Å². The van der Waals surface area contributed by atoms with Crippen LogP contribution in [0.4, 0.5) is 0 Å². The van der Waals surface area contributed by atoms with E-state index in [4.69, 9.17) is 9.26 Å². The summed E-state index contributed by atoms with van der Waals surface area (Å²) in [5.74, 6) is 0.0732. The molecule has 0 aliphatic carbocycles. The maximum Gasteiger partial charge on any atom is 0.323 e. The molecule has 106 valence electrons. The summed E-state index contributed by atoms with van der Waals surface area (Å²) in [5.41, 5.74) is 0. The van der Waals surface area contributed by atoms with E-state index in [-0.39, 0.29) is 6.16 Å². The molecule has 0 radical (unpaired) electrons. The highest BCUT2D eigenvalue weighted by molar-refractivity contribution is 7.57. The summed E-state index contributed by atoms with van der Waals surface area (Å²) in [6.07, 6.45) is 0.283. The maximum atomic E-state index is 12.5. The van der Waals surface area contributed by atoms with Crippen molar-refractivity contribution >= 4 is 13.5 Å². The molecule has 0 amide bonds. The third-order valence-corrected chi connectivity index (χ3v) is 4.56. The van der Waals surface area contributed by atoms with Gasteiger partial charge in [0, 0.05) is 6.16 Å².